The van der Waals surface area contributed by atoms with Gasteiger partial charge in [-0.3, -0.25) is 4.90 Å². The van der Waals surface area contributed by atoms with Crippen LogP contribution in [-0.4, -0.2) is 59.5 Å². The Bertz CT molecular complexity index is 1310. The van der Waals surface area contributed by atoms with Crippen molar-refractivity contribution in [1.82, 2.24) is 29.2 Å². The second-order valence-corrected chi connectivity index (χ2v) is 8.43. The number of aliphatic hydroxyl groups is 1. The Labute approximate surface area is 199 Å². The van der Waals surface area contributed by atoms with Gasteiger partial charge in [-0.1, -0.05) is 6.07 Å². The van der Waals surface area contributed by atoms with E-state index in [0.717, 1.165) is 11.8 Å². The number of imidazole rings is 1. The Hall–Kier alpha value is -4.12. The first-order valence-electron chi connectivity index (χ1n) is 11.0. The molecule has 0 bridgehead atoms. The van der Waals surface area contributed by atoms with E-state index in [1.807, 2.05) is 35.0 Å². The zero-order valence-corrected chi connectivity index (χ0v) is 18.9. The summed E-state index contributed by atoms with van der Waals surface area (Å²) in [6.07, 6.45) is 7.87. The molecule has 2 aromatic heterocycles. The number of urea groups is 1. The minimum atomic E-state index is -1.90. The van der Waals surface area contributed by atoms with E-state index in [0.29, 0.717) is 24.8 Å². The molecule has 1 N–H and O–H groups in total. The molecule has 35 heavy (non-hydrogen) atoms. The van der Waals surface area contributed by atoms with Crippen molar-refractivity contribution < 1.29 is 18.7 Å². The minimum Gasteiger partial charge on any atom is -0.381 e. The normalized spacial score (nSPS) is 16.5. The van der Waals surface area contributed by atoms with Crippen LogP contribution in [0, 0.1) is 11.6 Å². The van der Waals surface area contributed by atoms with Crippen LogP contribution in [0.1, 0.15) is 12.5 Å². The summed E-state index contributed by atoms with van der Waals surface area (Å²) >= 11 is 0. The number of rotatable bonds is 7. The van der Waals surface area contributed by atoms with Crippen molar-refractivity contribution >= 4 is 11.7 Å². The lowest BCUT2D eigenvalue weighted by Crippen LogP contribution is -2.53. The number of halogens is 2. The molecule has 1 saturated heterocycles. The molecule has 1 aliphatic rings. The number of amides is 2. The Morgan fingerprint density at radius 1 is 1.06 bits per heavy atom. The van der Waals surface area contributed by atoms with Crippen molar-refractivity contribution in [2.24, 2.45) is 0 Å². The first-order valence-corrected chi connectivity index (χ1v) is 11.0. The van der Waals surface area contributed by atoms with Gasteiger partial charge in [0, 0.05) is 48.5 Å². The number of aromatic nitrogens is 5. The molecule has 2 atom stereocenters. The highest BCUT2D eigenvalue weighted by Gasteiger charge is 2.46. The number of anilines is 1. The molecule has 1 fully saturated rings. The third-order valence-electron chi connectivity index (χ3n) is 6.43. The molecule has 0 saturated carbocycles. The third kappa shape index (κ3) is 4.14. The number of hydrogen-bond acceptors (Lipinski definition) is 5. The summed E-state index contributed by atoms with van der Waals surface area (Å²) < 4.78 is 31.7. The summed E-state index contributed by atoms with van der Waals surface area (Å²) in [5.41, 5.74) is -0.432. The number of carbonyl (C=O) groups is 1. The lowest BCUT2D eigenvalue weighted by atomic mass is 9.85. The van der Waals surface area contributed by atoms with Gasteiger partial charge in [0.25, 0.3) is 0 Å². The number of benzene rings is 2. The molecule has 4 aromatic rings. The van der Waals surface area contributed by atoms with Gasteiger partial charge in [-0.05, 0) is 37.3 Å². The minimum absolute atomic E-state index is 0.127. The maximum atomic E-state index is 14.8. The SMILES string of the molecule is CC(N1CCN(c2ccc(-n3ccnc3)cc2)C1=O)C(O)(Cn1cncn1)c1ccc(F)cc1F. The van der Waals surface area contributed by atoms with Crippen LogP contribution in [0.5, 0.6) is 0 Å². The second kappa shape index (κ2) is 8.91. The van der Waals surface area contributed by atoms with Gasteiger partial charge in [-0.25, -0.2) is 28.2 Å². The topological polar surface area (TPSA) is 92.3 Å². The molecule has 2 unspecified atom stereocenters. The Morgan fingerprint density at radius 3 is 2.49 bits per heavy atom. The molecular weight excluding hydrogens is 456 g/mol. The third-order valence-corrected chi connectivity index (χ3v) is 6.43. The Morgan fingerprint density at radius 2 is 1.83 bits per heavy atom. The van der Waals surface area contributed by atoms with Gasteiger partial charge in [-0.2, -0.15) is 5.10 Å². The summed E-state index contributed by atoms with van der Waals surface area (Å²) in [4.78, 5) is 24.4. The van der Waals surface area contributed by atoms with Crippen LogP contribution < -0.4 is 4.90 Å². The van der Waals surface area contributed by atoms with Gasteiger partial charge in [-0.15, -0.1) is 0 Å². The van der Waals surface area contributed by atoms with Crippen LogP contribution in [-0.2, 0) is 12.1 Å². The highest BCUT2D eigenvalue weighted by molar-refractivity contribution is 5.94. The van der Waals surface area contributed by atoms with E-state index in [2.05, 4.69) is 15.1 Å². The van der Waals surface area contributed by atoms with E-state index in [1.165, 1.54) is 28.3 Å². The predicted octanol–water partition coefficient (Wildman–Crippen LogP) is 2.96. The Kier molecular flexibility index (Phi) is 5.77. The van der Waals surface area contributed by atoms with Crippen molar-refractivity contribution in [3.63, 3.8) is 0 Å². The zero-order chi connectivity index (χ0) is 24.6. The van der Waals surface area contributed by atoms with Crippen LogP contribution in [0.2, 0.25) is 0 Å². The monoisotopic (exact) mass is 479 g/mol. The van der Waals surface area contributed by atoms with Crippen LogP contribution in [0.3, 0.4) is 0 Å². The quantitative estimate of drug-likeness (QED) is 0.440. The molecule has 2 amide bonds. The van der Waals surface area contributed by atoms with E-state index in [9.17, 15) is 18.7 Å². The molecule has 9 nitrogen and oxygen atoms in total. The van der Waals surface area contributed by atoms with Crippen molar-refractivity contribution in [2.75, 3.05) is 18.0 Å². The summed E-state index contributed by atoms with van der Waals surface area (Å²) in [6.45, 7) is 2.16. The fourth-order valence-electron chi connectivity index (χ4n) is 4.47. The molecular formula is C24H23F2N7O2. The van der Waals surface area contributed by atoms with Crippen molar-refractivity contribution in [3.8, 4) is 5.69 Å². The first-order chi connectivity index (χ1) is 16.9. The fourth-order valence-corrected chi connectivity index (χ4v) is 4.47. The van der Waals surface area contributed by atoms with Gasteiger partial charge in [0.05, 0.1) is 18.9 Å². The standard InChI is InChI=1S/C24H23F2N7O2/c1-17(24(35,13-31-16-28-14-29-31)21-7-2-18(25)12-22(21)26)32-10-11-33(23(32)34)20-5-3-19(4-6-20)30-9-8-27-15-30/h2-9,12,14-17,35H,10-11,13H2,1H3. The largest absolute Gasteiger partial charge is 0.381 e. The maximum Gasteiger partial charge on any atom is 0.324 e. The van der Waals surface area contributed by atoms with E-state index in [-0.39, 0.29) is 18.1 Å². The second-order valence-electron chi connectivity index (χ2n) is 8.43. The fraction of sp³-hybridized carbons (Fsp3) is 0.250. The van der Waals surface area contributed by atoms with Crippen LogP contribution in [0.4, 0.5) is 19.3 Å². The number of carbonyl (C=O) groups excluding carboxylic acids is 1. The summed E-state index contributed by atoms with van der Waals surface area (Å²) in [6, 6.07) is 9.24. The molecule has 0 aliphatic carbocycles. The molecule has 5 rings (SSSR count). The number of hydrogen-bond donors (Lipinski definition) is 1. The smallest absolute Gasteiger partial charge is 0.324 e. The highest BCUT2D eigenvalue weighted by atomic mass is 19.1. The predicted molar refractivity (Wildman–Crippen MR) is 123 cm³/mol. The zero-order valence-electron chi connectivity index (χ0n) is 18.9. The van der Waals surface area contributed by atoms with Crippen LogP contribution in [0.15, 0.2) is 73.8 Å². The molecule has 11 heteroatoms. The summed E-state index contributed by atoms with van der Waals surface area (Å²) in [7, 11) is 0. The van der Waals surface area contributed by atoms with E-state index >= 15 is 0 Å². The molecule has 3 heterocycles. The molecule has 2 aromatic carbocycles. The van der Waals surface area contributed by atoms with Crippen molar-refractivity contribution in [1.29, 1.82) is 0 Å². The maximum absolute atomic E-state index is 14.8. The van der Waals surface area contributed by atoms with Crippen molar-refractivity contribution in [2.45, 2.75) is 25.1 Å². The van der Waals surface area contributed by atoms with E-state index in [4.69, 9.17) is 0 Å². The van der Waals surface area contributed by atoms with Gasteiger partial charge < -0.3 is 14.6 Å². The van der Waals surface area contributed by atoms with Gasteiger partial charge in [0.1, 0.15) is 29.9 Å². The lowest BCUT2D eigenvalue weighted by Gasteiger charge is -2.39. The van der Waals surface area contributed by atoms with Crippen LogP contribution >= 0.6 is 0 Å². The van der Waals surface area contributed by atoms with Gasteiger partial charge >= 0.3 is 6.03 Å². The lowest BCUT2D eigenvalue weighted by molar-refractivity contribution is -0.0475. The molecule has 180 valence electrons. The van der Waals surface area contributed by atoms with E-state index in [1.54, 1.807) is 24.3 Å². The average molecular weight is 479 g/mol. The van der Waals surface area contributed by atoms with E-state index < -0.39 is 23.3 Å². The van der Waals surface area contributed by atoms with Gasteiger partial charge in [0.15, 0.2) is 0 Å². The molecule has 1 aliphatic heterocycles. The number of nitrogens with zero attached hydrogens (tertiary/aromatic N) is 7. The first kappa shape index (κ1) is 22.7. The highest BCUT2D eigenvalue weighted by Crippen LogP contribution is 2.35. The van der Waals surface area contributed by atoms with Gasteiger partial charge in [0.2, 0.25) is 0 Å². The van der Waals surface area contributed by atoms with Crippen LogP contribution in [0.25, 0.3) is 5.69 Å². The summed E-state index contributed by atoms with van der Waals surface area (Å²) in [5, 5.41) is 15.8. The van der Waals surface area contributed by atoms with Crippen molar-refractivity contribution in [3.05, 3.63) is 91.0 Å². The average Bonchev–Trinajstić information content (AvgIpc) is 3.61. The molecule has 0 radical (unpaired) electrons. The summed E-state index contributed by atoms with van der Waals surface area (Å²) in [5.74, 6) is -1.66. The Balaban J connectivity index is 1.43. The molecule has 0 spiro atoms.